The fourth-order valence-corrected chi connectivity index (χ4v) is 4.39. The molecule has 1 atom stereocenters. The molecule has 1 aliphatic heterocycles. The fourth-order valence-electron chi connectivity index (χ4n) is 4.39. The van der Waals surface area contributed by atoms with Crippen LogP contribution in [-0.4, -0.2) is 39.7 Å². The van der Waals surface area contributed by atoms with Crippen LogP contribution in [0.15, 0.2) is 53.7 Å². The number of anilines is 1. The molecular formula is C23H21N5O5. The number of nitrogens with one attached hydrogen (secondary N) is 1. The van der Waals surface area contributed by atoms with Gasteiger partial charge in [0.25, 0.3) is 5.69 Å². The monoisotopic (exact) mass is 447 g/mol. The number of hydrogen-bond acceptors (Lipinski definition) is 8. The van der Waals surface area contributed by atoms with Crippen LogP contribution in [0.2, 0.25) is 0 Å². The van der Waals surface area contributed by atoms with Crippen molar-refractivity contribution in [2.75, 3.05) is 19.5 Å². The Morgan fingerprint density at radius 1 is 1.12 bits per heavy atom. The van der Waals surface area contributed by atoms with Crippen LogP contribution in [0.4, 0.5) is 11.6 Å². The number of rotatable bonds is 5. The number of ether oxygens (including phenoxy) is 2. The first-order valence-corrected chi connectivity index (χ1v) is 10.5. The van der Waals surface area contributed by atoms with E-state index in [0.717, 1.165) is 5.70 Å². The Balaban J connectivity index is 1.71. The number of Topliss-reactive ketones (excluding diaryl/α,β-unsaturated/α-hetero) is 1. The third-order valence-electron chi connectivity index (χ3n) is 5.91. The van der Waals surface area contributed by atoms with Crippen molar-refractivity contribution in [2.24, 2.45) is 0 Å². The Labute approximate surface area is 189 Å². The molecule has 2 aromatic carbocycles. The fraction of sp³-hybridized carbons (Fsp3) is 0.261. The number of carbonyl (C=O) groups is 1. The van der Waals surface area contributed by atoms with Gasteiger partial charge in [-0.2, -0.15) is 4.98 Å². The number of aromatic nitrogens is 3. The predicted molar refractivity (Wildman–Crippen MR) is 119 cm³/mol. The number of nitro benzene ring substituents is 1. The molecular weight excluding hydrogens is 426 g/mol. The molecule has 10 nitrogen and oxygen atoms in total. The summed E-state index contributed by atoms with van der Waals surface area (Å²) in [6.45, 7) is 0. The maximum Gasteiger partial charge on any atom is 0.275 e. The molecule has 168 valence electrons. The SMILES string of the molecule is COc1cc(OC)cc(-c2nc3n(n2)C(c2ccccc2[N+](=O)[O-])C2=C(CCCC2=O)N3)c1. The molecule has 1 aliphatic carbocycles. The van der Waals surface area contributed by atoms with Crippen LogP contribution < -0.4 is 14.8 Å². The van der Waals surface area contributed by atoms with Crippen molar-refractivity contribution in [3.8, 4) is 22.9 Å². The van der Waals surface area contributed by atoms with Crippen molar-refractivity contribution in [1.82, 2.24) is 14.8 Å². The van der Waals surface area contributed by atoms with Crippen molar-refractivity contribution < 1.29 is 19.2 Å². The predicted octanol–water partition coefficient (Wildman–Crippen LogP) is 3.89. The average Bonchev–Trinajstić information content (AvgIpc) is 3.26. The Morgan fingerprint density at radius 3 is 2.55 bits per heavy atom. The number of hydrogen-bond donors (Lipinski definition) is 1. The van der Waals surface area contributed by atoms with Gasteiger partial charge in [0.15, 0.2) is 11.6 Å². The van der Waals surface area contributed by atoms with Gasteiger partial charge in [-0.3, -0.25) is 14.9 Å². The van der Waals surface area contributed by atoms with Gasteiger partial charge >= 0.3 is 0 Å². The second-order valence-electron chi connectivity index (χ2n) is 7.82. The zero-order valence-electron chi connectivity index (χ0n) is 18.1. The van der Waals surface area contributed by atoms with E-state index >= 15 is 0 Å². The van der Waals surface area contributed by atoms with E-state index < -0.39 is 11.0 Å². The van der Waals surface area contributed by atoms with E-state index in [4.69, 9.17) is 9.47 Å². The minimum Gasteiger partial charge on any atom is -0.497 e. The summed E-state index contributed by atoms with van der Waals surface area (Å²) in [4.78, 5) is 29.0. The third kappa shape index (κ3) is 3.49. The number of benzene rings is 2. The standard InChI is InChI=1S/C23H21N5O5/c1-32-14-10-13(11-15(12-14)33-2)22-25-23-24-17-7-5-9-19(29)20(17)21(27(23)26-22)16-6-3-4-8-18(16)28(30)31/h3-4,6,8,10-12,21H,5,7,9H2,1-2H3,(H,24,25,26). The Hall–Kier alpha value is -4.21. The van der Waals surface area contributed by atoms with E-state index in [1.807, 2.05) is 0 Å². The largest absolute Gasteiger partial charge is 0.497 e. The highest BCUT2D eigenvalue weighted by atomic mass is 16.6. The Kier molecular flexibility index (Phi) is 5.04. The number of allylic oxidation sites excluding steroid dienone is 2. The quantitative estimate of drug-likeness (QED) is 0.462. The van der Waals surface area contributed by atoms with Crippen molar-refractivity contribution in [3.05, 3.63) is 69.4 Å². The lowest BCUT2D eigenvalue weighted by molar-refractivity contribution is -0.385. The molecule has 0 bridgehead atoms. The molecule has 1 unspecified atom stereocenters. The van der Waals surface area contributed by atoms with E-state index in [0.29, 0.717) is 59.2 Å². The summed E-state index contributed by atoms with van der Waals surface area (Å²) in [5, 5.41) is 19.7. The van der Waals surface area contributed by atoms with Crippen LogP contribution in [0.1, 0.15) is 30.9 Å². The highest BCUT2D eigenvalue weighted by Crippen LogP contribution is 2.43. The number of nitrogens with zero attached hydrogens (tertiary/aromatic N) is 4. The number of carbonyl (C=O) groups excluding carboxylic acids is 1. The maximum absolute atomic E-state index is 13.0. The van der Waals surface area contributed by atoms with Gasteiger partial charge in [-0.1, -0.05) is 12.1 Å². The van der Waals surface area contributed by atoms with E-state index in [2.05, 4.69) is 15.4 Å². The van der Waals surface area contributed by atoms with Crippen LogP contribution in [0.25, 0.3) is 11.4 Å². The van der Waals surface area contributed by atoms with Gasteiger partial charge in [-0.25, -0.2) is 4.68 Å². The van der Waals surface area contributed by atoms with E-state index in [1.54, 1.807) is 55.3 Å². The summed E-state index contributed by atoms with van der Waals surface area (Å²) < 4.78 is 12.3. The van der Waals surface area contributed by atoms with E-state index in [9.17, 15) is 14.9 Å². The van der Waals surface area contributed by atoms with Crippen LogP contribution in [0.3, 0.4) is 0 Å². The summed E-state index contributed by atoms with van der Waals surface area (Å²) in [5.41, 5.74) is 2.22. The van der Waals surface area contributed by atoms with Crippen molar-refractivity contribution in [1.29, 1.82) is 0 Å². The molecule has 0 radical (unpaired) electrons. The summed E-state index contributed by atoms with van der Waals surface area (Å²) in [6, 6.07) is 11.0. The van der Waals surface area contributed by atoms with Crippen LogP contribution in [0, 0.1) is 10.1 Å². The lowest BCUT2D eigenvalue weighted by Gasteiger charge is -2.31. The van der Waals surface area contributed by atoms with Crippen LogP contribution >= 0.6 is 0 Å². The molecule has 1 aromatic heterocycles. The number of para-hydroxylation sites is 1. The first-order valence-electron chi connectivity index (χ1n) is 10.5. The smallest absolute Gasteiger partial charge is 0.275 e. The molecule has 0 fully saturated rings. The Morgan fingerprint density at radius 2 is 1.85 bits per heavy atom. The number of nitro groups is 1. The average molecular weight is 447 g/mol. The molecule has 3 aromatic rings. The molecule has 2 aliphatic rings. The van der Waals surface area contributed by atoms with Crippen LogP contribution in [0.5, 0.6) is 11.5 Å². The minimum absolute atomic E-state index is 0.0438. The number of methoxy groups -OCH3 is 2. The second kappa shape index (κ2) is 8.05. The summed E-state index contributed by atoms with van der Waals surface area (Å²) in [5.74, 6) is 1.91. The van der Waals surface area contributed by atoms with E-state index in [-0.39, 0.29) is 11.5 Å². The molecule has 1 N–H and O–H groups in total. The molecule has 0 amide bonds. The van der Waals surface area contributed by atoms with Gasteiger partial charge in [0.05, 0.1) is 24.7 Å². The molecule has 0 spiro atoms. The zero-order valence-corrected chi connectivity index (χ0v) is 18.1. The van der Waals surface area contributed by atoms with Gasteiger partial charge in [-0.05, 0) is 31.0 Å². The van der Waals surface area contributed by atoms with Gasteiger partial charge < -0.3 is 14.8 Å². The number of fused-ring (bicyclic) bond motifs is 1. The minimum atomic E-state index is -0.751. The molecule has 0 saturated carbocycles. The summed E-state index contributed by atoms with van der Waals surface area (Å²) in [7, 11) is 3.11. The van der Waals surface area contributed by atoms with Gasteiger partial charge in [0.1, 0.15) is 17.5 Å². The van der Waals surface area contributed by atoms with Gasteiger partial charge in [-0.15, -0.1) is 5.10 Å². The van der Waals surface area contributed by atoms with Gasteiger partial charge in [0, 0.05) is 35.4 Å². The first-order chi connectivity index (χ1) is 16.0. The summed E-state index contributed by atoms with van der Waals surface area (Å²) in [6.07, 6.45) is 1.76. The maximum atomic E-state index is 13.0. The normalized spacial score (nSPS) is 17.2. The lowest BCUT2D eigenvalue weighted by Crippen LogP contribution is -2.31. The van der Waals surface area contributed by atoms with Crippen molar-refractivity contribution in [2.45, 2.75) is 25.3 Å². The highest BCUT2D eigenvalue weighted by Gasteiger charge is 2.39. The van der Waals surface area contributed by atoms with Crippen molar-refractivity contribution >= 4 is 17.4 Å². The molecule has 0 saturated heterocycles. The second-order valence-corrected chi connectivity index (χ2v) is 7.82. The zero-order chi connectivity index (χ0) is 23.1. The van der Waals surface area contributed by atoms with E-state index in [1.165, 1.54) is 6.07 Å². The van der Waals surface area contributed by atoms with Crippen LogP contribution in [-0.2, 0) is 4.79 Å². The molecule has 5 rings (SSSR count). The Bertz CT molecular complexity index is 1290. The van der Waals surface area contributed by atoms with Gasteiger partial charge in [0.2, 0.25) is 5.95 Å². The lowest BCUT2D eigenvalue weighted by atomic mass is 9.85. The third-order valence-corrected chi connectivity index (χ3v) is 5.91. The topological polar surface area (TPSA) is 121 Å². The molecule has 33 heavy (non-hydrogen) atoms. The highest BCUT2D eigenvalue weighted by molar-refractivity contribution is 5.99. The molecule has 10 heteroatoms. The summed E-state index contributed by atoms with van der Waals surface area (Å²) >= 11 is 0. The number of ketones is 1. The molecule has 2 heterocycles. The van der Waals surface area contributed by atoms with Crippen molar-refractivity contribution in [3.63, 3.8) is 0 Å². The first kappa shape index (κ1) is 20.7.